The summed E-state index contributed by atoms with van der Waals surface area (Å²) in [4.78, 5) is 35.9. The molecule has 33 heavy (non-hydrogen) atoms. The summed E-state index contributed by atoms with van der Waals surface area (Å²) in [6.45, 7) is 3.00. The van der Waals surface area contributed by atoms with E-state index in [9.17, 15) is 14.7 Å². The molecule has 0 unspecified atom stereocenters. The zero-order valence-corrected chi connectivity index (χ0v) is 18.2. The molecule has 168 valence electrons. The maximum atomic E-state index is 13.1. The largest absolute Gasteiger partial charge is 0.507 e. The summed E-state index contributed by atoms with van der Waals surface area (Å²) in [7, 11) is 0. The van der Waals surface area contributed by atoms with Crippen LogP contribution in [-0.2, 0) is 22.6 Å². The molecule has 1 fully saturated rings. The maximum absolute atomic E-state index is 13.1. The summed E-state index contributed by atoms with van der Waals surface area (Å²) >= 11 is 0. The van der Waals surface area contributed by atoms with Gasteiger partial charge in [-0.1, -0.05) is 6.07 Å². The van der Waals surface area contributed by atoms with Crippen LogP contribution in [0.4, 0.5) is 0 Å². The van der Waals surface area contributed by atoms with Gasteiger partial charge in [-0.3, -0.25) is 14.6 Å². The highest BCUT2D eigenvalue weighted by molar-refractivity contribution is 6.46. The second kappa shape index (κ2) is 8.54. The number of likely N-dealkylation sites (tertiary alicyclic amines) is 1. The van der Waals surface area contributed by atoms with Gasteiger partial charge in [0, 0.05) is 49.9 Å². The van der Waals surface area contributed by atoms with E-state index in [2.05, 4.69) is 9.97 Å². The number of aryl methyl sites for hydroxylation is 1. The van der Waals surface area contributed by atoms with E-state index in [4.69, 9.17) is 4.74 Å². The number of carbonyl (C=O) groups excluding carboxylic acids is 2. The number of ether oxygens (including phenoxy) is 1. The average molecular weight is 444 g/mol. The fourth-order valence-electron chi connectivity index (χ4n) is 4.56. The SMILES string of the molecule is C[C@@H]1Cc2cc(/C(O)=C3\C(=O)C(=O)N(CCCn4ccnc4)[C@H]3c3cccnc3)ccc2O1. The van der Waals surface area contributed by atoms with Crippen LogP contribution in [0.2, 0.25) is 0 Å². The third kappa shape index (κ3) is 3.88. The molecule has 0 aliphatic carbocycles. The summed E-state index contributed by atoms with van der Waals surface area (Å²) in [5.74, 6) is -0.701. The number of aliphatic hydroxyl groups is 1. The van der Waals surface area contributed by atoms with Crippen LogP contribution in [0.5, 0.6) is 5.75 Å². The van der Waals surface area contributed by atoms with Crippen molar-refractivity contribution >= 4 is 17.4 Å². The van der Waals surface area contributed by atoms with Crippen molar-refractivity contribution in [2.24, 2.45) is 0 Å². The number of nitrogens with zero attached hydrogens (tertiary/aromatic N) is 4. The zero-order valence-electron chi connectivity index (χ0n) is 18.2. The summed E-state index contributed by atoms with van der Waals surface area (Å²) in [5.41, 5.74) is 2.23. The Morgan fingerprint density at radius 1 is 1.18 bits per heavy atom. The Bertz CT molecular complexity index is 1220. The zero-order chi connectivity index (χ0) is 22.9. The predicted octanol–water partition coefficient (Wildman–Crippen LogP) is 3.11. The molecule has 2 aliphatic heterocycles. The van der Waals surface area contributed by atoms with Crippen molar-refractivity contribution in [3.63, 3.8) is 0 Å². The highest BCUT2D eigenvalue weighted by Crippen LogP contribution is 2.40. The third-order valence-corrected chi connectivity index (χ3v) is 6.08. The van der Waals surface area contributed by atoms with E-state index in [1.54, 1.807) is 43.1 Å². The first-order valence-electron chi connectivity index (χ1n) is 11.0. The van der Waals surface area contributed by atoms with Gasteiger partial charge in [0.05, 0.1) is 17.9 Å². The Kier molecular flexibility index (Phi) is 5.42. The van der Waals surface area contributed by atoms with Crippen molar-refractivity contribution in [1.29, 1.82) is 0 Å². The molecule has 1 amide bonds. The minimum Gasteiger partial charge on any atom is -0.507 e. The molecule has 3 aromatic rings. The van der Waals surface area contributed by atoms with Crippen molar-refractivity contribution in [2.45, 2.75) is 38.5 Å². The lowest BCUT2D eigenvalue weighted by Crippen LogP contribution is -2.31. The number of carbonyl (C=O) groups is 2. The van der Waals surface area contributed by atoms with Gasteiger partial charge >= 0.3 is 0 Å². The number of aliphatic hydroxyl groups excluding tert-OH is 1. The van der Waals surface area contributed by atoms with Gasteiger partial charge in [0.2, 0.25) is 0 Å². The smallest absolute Gasteiger partial charge is 0.295 e. The molecule has 2 atom stereocenters. The Labute approximate surface area is 191 Å². The molecule has 1 N–H and O–H groups in total. The Morgan fingerprint density at radius 3 is 2.82 bits per heavy atom. The molecule has 8 heteroatoms. The summed E-state index contributed by atoms with van der Waals surface area (Å²) in [5, 5.41) is 11.2. The third-order valence-electron chi connectivity index (χ3n) is 6.08. The molecule has 0 radical (unpaired) electrons. The molecule has 2 aliphatic rings. The summed E-state index contributed by atoms with van der Waals surface area (Å²) < 4.78 is 7.67. The van der Waals surface area contributed by atoms with Gasteiger partial charge in [0.1, 0.15) is 17.6 Å². The molecule has 1 saturated heterocycles. The van der Waals surface area contributed by atoms with Gasteiger partial charge in [0.15, 0.2) is 0 Å². The number of Topliss-reactive ketones (excluding diaryl/α,β-unsaturated/α-hetero) is 1. The molecule has 1 aromatic carbocycles. The fourth-order valence-corrected chi connectivity index (χ4v) is 4.56. The number of amides is 1. The second-order valence-corrected chi connectivity index (χ2v) is 8.39. The van der Waals surface area contributed by atoms with E-state index in [0.29, 0.717) is 30.6 Å². The number of hydrogen-bond donors (Lipinski definition) is 1. The van der Waals surface area contributed by atoms with Gasteiger partial charge in [-0.15, -0.1) is 0 Å². The van der Waals surface area contributed by atoms with E-state index in [-0.39, 0.29) is 17.4 Å². The van der Waals surface area contributed by atoms with E-state index >= 15 is 0 Å². The molecule has 2 aromatic heterocycles. The molecule has 4 heterocycles. The van der Waals surface area contributed by atoms with Crippen LogP contribution in [0.25, 0.3) is 5.76 Å². The maximum Gasteiger partial charge on any atom is 0.295 e. The van der Waals surface area contributed by atoms with Crippen LogP contribution >= 0.6 is 0 Å². The molecular weight excluding hydrogens is 420 g/mol. The summed E-state index contributed by atoms with van der Waals surface area (Å²) in [6.07, 6.45) is 9.95. The number of pyridine rings is 1. The van der Waals surface area contributed by atoms with E-state index in [0.717, 1.165) is 17.7 Å². The topological polar surface area (TPSA) is 97.6 Å². The lowest BCUT2D eigenvalue weighted by molar-refractivity contribution is -0.139. The Hall–Kier alpha value is -3.94. The highest BCUT2D eigenvalue weighted by atomic mass is 16.5. The lowest BCUT2D eigenvalue weighted by atomic mass is 9.95. The lowest BCUT2D eigenvalue weighted by Gasteiger charge is -2.25. The quantitative estimate of drug-likeness (QED) is 0.356. The van der Waals surface area contributed by atoms with Crippen LogP contribution < -0.4 is 4.74 Å². The normalized spacial score (nSPS) is 21.3. The second-order valence-electron chi connectivity index (χ2n) is 8.39. The number of rotatable bonds is 6. The monoisotopic (exact) mass is 444 g/mol. The average Bonchev–Trinajstić information content (AvgIpc) is 3.53. The number of benzene rings is 1. The van der Waals surface area contributed by atoms with Gasteiger partial charge < -0.3 is 19.3 Å². The molecule has 8 nitrogen and oxygen atoms in total. The minimum absolute atomic E-state index is 0.0638. The number of imidazole rings is 1. The van der Waals surface area contributed by atoms with Gasteiger partial charge in [-0.05, 0) is 48.7 Å². The number of aromatic nitrogens is 3. The molecule has 0 spiro atoms. The van der Waals surface area contributed by atoms with Gasteiger partial charge in [-0.25, -0.2) is 4.98 Å². The standard InChI is InChI=1S/C25H24N4O4/c1-16-12-19-13-17(5-6-20(19)33-16)23(30)21-22(18-4-2-7-26-14-18)29(25(32)24(21)31)10-3-9-28-11-8-27-15-28/h2,4-8,11,13-16,22,30H,3,9-10,12H2,1H3/b23-21+/t16-,22+/m1/s1. The van der Waals surface area contributed by atoms with Crippen LogP contribution in [0, 0.1) is 0 Å². The number of fused-ring (bicyclic) bond motifs is 1. The van der Waals surface area contributed by atoms with E-state index in [1.165, 1.54) is 4.90 Å². The van der Waals surface area contributed by atoms with Crippen molar-refractivity contribution in [3.8, 4) is 5.75 Å². The van der Waals surface area contributed by atoms with Crippen LogP contribution in [0.3, 0.4) is 0 Å². The fraction of sp³-hybridized carbons (Fsp3) is 0.280. The first-order valence-corrected chi connectivity index (χ1v) is 11.0. The van der Waals surface area contributed by atoms with Crippen molar-refractivity contribution < 1.29 is 19.4 Å². The Balaban J connectivity index is 1.51. The van der Waals surface area contributed by atoms with Crippen LogP contribution in [0.1, 0.15) is 36.1 Å². The molecular formula is C25H24N4O4. The number of hydrogen-bond acceptors (Lipinski definition) is 6. The summed E-state index contributed by atoms with van der Waals surface area (Å²) in [6, 6.07) is 8.23. The van der Waals surface area contributed by atoms with Gasteiger partial charge in [-0.2, -0.15) is 0 Å². The van der Waals surface area contributed by atoms with Gasteiger partial charge in [0.25, 0.3) is 11.7 Å². The Morgan fingerprint density at radius 2 is 2.06 bits per heavy atom. The van der Waals surface area contributed by atoms with Crippen molar-refractivity contribution in [2.75, 3.05) is 6.54 Å². The number of ketones is 1. The minimum atomic E-state index is -0.704. The van der Waals surface area contributed by atoms with Crippen molar-refractivity contribution in [3.05, 3.63) is 83.7 Å². The molecule has 0 bridgehead atoms. The van der Waals surface area contributed by atoms with Crippen LogP contribution in [0.15, 0.2) is 67.0 Å². The first-order chi connectivity index (χ1) is 16.0. The van der Waals surface area contributed by atoms with E-state index in [1.807, 2.05) is 29.8 Å². The predicted molar refractivity (Wildman–Crippen MR) is 120 cm³/mol. The first kappa shape index (κ1) is 20.9. The molecule has 5 rings (SSSR count). The van der Waals surface area contributed by atoms with Crippen LogP contribution in [-0.4, -0.2) is 48.9 Å². The highest BCUT2D eigenvalue weighted by Gasteiger charge is 2.46. The van der Waals surface area contributed by atoms with E-state index < -0.39 is 17.7 Å². The molecule has 0 saturated carbocycles. The van der Waals surface area contributed by atoms with Crippen molar-refractivity contribution in [1.82, 2.24) is 19.4 Å².